The van der Waals surface area contributed by atoms with Gasteiger partial charge in [-0.3, -0.25) is 4.79 Å². The molecule has 0 atom stereocenters. The third-order valence-electron chi connectivity index (χ3n) is 4.68. The van der Waals surface area contributed by atoms with Gasteiger partial charge in [0.1, 0.15) is 5.82 Å². The highest BCUT2D eigenvalue weighted by Gasteiger charge is 2.30. The summed E-state index contributed by atoms with van der Waals surface area (Å²) in [4.78, 5) is 19.3. The molecule has 1 aliphatic rings. The summed E-state index contributed by atoms with van der Waals surface area (Å²) in [5.74, 6) is 0.530. The molecule has 7 nitrogen and oxygen atoms in total. The Bertz CT molecular complexity index is 1080. The van der Waals surface area contributed by atoms with Gasteiger partial charge in [0.2, 0.25) is 10.0 Å². The number of para-hydroxylation sites is 1. The van der Waals surface area contributed by atoms with Gasteiger partial charge in [0.05, 0.1) is 9.77 Å². The van der Waals surface area contributed by atoms with Crippen LogP contribution >= 0.6 is 11.3 Å². The molecule has 1 saturated heterocycles. The van der Waals surface area contributed by atoms with E-state index in [9.17, 15) is 13.2 Å². The lowest BCUT2D eigenvalue weighted by atomic mass is 10.3. The Morgan fingerprint density at radius 2 is 1.72 bits per heavy atom. The van der Waals surface area contributed by atoms with Crippen molar-refractivity contribution >= 4 is 38.8 Å². The number of carbonyl (C=O) groups excluding carboxylic acids is 1. The molecule has 0 aliphatic carbocycles. The van der Waals surface area contributed by atoms with Crippen LogP contribution in [0.5, 0.6) is 0 Å². The van der Waals surface area contributed by atoms with Crippen LogP contribution in [0, 0.1) is 0 Å². The number of sulfonamides is 1. The number of piperazine rings is 1. The molecular formula is C20H20N4O3S2. The minimum atomic E-state index is -3.64. The van der Waals surface area contributed by atoms with E-state index in [0.717, 1.165) is 17.2 Å². The zero-order valence-electron chi connectivity index (χ0n) is 15.6. The average molecular weight is 429 g/mol. The molecule has 0 saturated carbocycles. The molecule has 2 aromatic heterocycles. The van der Waals surface area contributed by atoms with Crippen LogP contribution < -0.4 is 10.2 Å². The predicted octanol–water partition coefficient (Wildman–Crippen LogP) is 2.91. The van der Waals surface area contributed by atoms with E-state index in [1.54, 1.807) is 18.3 Å². The van der Waals surface area contributed by atoms with Crippen molar-refractivity contribution in [2.24, 2.45) is 0 Å². The molecule has 29 heavy (non-hydrogen) atoms. The molecule has 1 N–H and O–H groups in total. The maximum atomic E-state index is 13.0. The van der Waals surface area contributed by atoms with Crippen LogP contribution in [0.4, 0.5) is 11.5 Å². The van der Waals surface area contributed by atoms with Crippen LogP contribution in [-0.2, 0) is 10.0 Å². The zero-order chi connectivity index (χ0) is 20.3. The van der Waals surface area contributed by atoms with Gasteiger partial charge in [0.15, 0.2) is 0 Å². The second kappa shape index (κ2) is 8.32. The van der Waals surface area contributed by atoms with Gasteiger partial charge in [-0.25, -0.2) is 13.4 Å². The van der Waals surface area contributed by atoms with E-state index in [0.29, 0.717) is 36.7 Å². The maximum Gasteiger partial charge on any atom is 0.265 e. The third-order valence-corrected chi connectivity index (χ3v) is 7.64. The van der Waals surface area contributed by atoms with Crippen molar-refractivity contribution in [3.8, 4) is 0 Å². The first-order valence-corrected chi connectivity index (χ1v) is 11.5. The number of thiophene rings is 1. The summed E-state index contributed by atoms with van der Waals surface area (Å²) in [6, 6.07) is 16.2. The summed E-state index contributed by atoms with van der Waals surface area (Å²) in [5, 5.41) is 4.30. The number of hydrogen-bond acceptors (Lipinski definition) is 6. The van der Waals surface area contributed by atoms with E-state index in [-0.39, 0.29) is 10.8 Å². The second-order valence-electron chi connectivity index (χ2n) is 6.55. The molecule has 1 fully saturated rings. The molecule has 150 valence electrons. The largest absolute Gasteiger partial charge is 0.354 e. The monoisotopic (exact) mass is 428 g/mol. The molecule has 0 bridgehead atoms. The second-order valence-corrected chi connectivity index (χ2v) is 9.40. The Kier molecular flexibility index (Phi) is 5.61. The molecule has 3 heterocycles. The zero-order valence-corrected chi connectivity index (χ0v) is 17.2. The molecule has 1 amide bonds. The van der Waals surface area contributed by atoms with E-state index >= 15 is 0 Å². The Morgan fingerprint density at radius 1 is 1.00 bits per heavy atom. The van der Waals surface area contributed by atoms with Gasteiger partial charge in [0.25, 0.3) is 5.91 Å². The summed E-state index contributed by atoms with van der Waals surface area (Å²) in [5.41, 5.74) is 0.668. The number of amides is 1. The van der Waals surface area contributed by atoms with E-state index in [1.807, 2.05) is 36.4 Å². The van der Waals surface area contributed by atoms with Crippen molar-refractivity contribution in [3.63, 3.8) is 0 Å². The Balaban J connectivity index is 1.43. The lowest BCUT2D eigenvalue weighted by Gasteiger charge is -2.34. The molecule has 0 unspecified atom stereocenters. The van der Waals surface area contributed by atoms with Gasteiger partial charge >= 0.3 is 0 Å². The average Bonchev–Trinajstić information content (AvgIpc) is 3.27. The summed E-state index contributed by atoms with van der Waals surface area (Å²) >= 11 is 1.13. The number of anilines is 2. The quantitative estimate of drug-likeness (QED) is 0.676. The number of pyridine rings is 1. The highest BCUT2D eigenvalue weighted by molar-refractivity contribution is 7.89. The molecule has 0 radical (unpaired) electrons. The van der Waals surface area contributed by atoms with Crippen molar-refractivity contribution < 1.29 is 13.2 Å². The third kappa shape index (κ3) is 4.31. The minimum absolute atomic E-state index is 0.159. The van der Waals surface area contributed by atoms with Gasteiger partial charge in [-0.1, -0.05) is 24.3 Å². The smallest absolute Gasteiger partial charge is 0.265 e. The van der Waals surface area contributed by atoms with Gasteiger partial charge in [-0.15, -0.1) is 11.3 Å². The number of benzene rings is 1. The van der Waals surface area contributed by atoms with Gasteiger partial charge < -0.3 is 10.2 Å². The van der Waals surface area contributed by atoms with E-state index in [2.05, 4.69) is 15.2 Å². The number of nitrogens with one attached hydrogen (secondary N) is 1. The Hall–Kier alpha value is -2.75. The van der Waals surface area contributed by atoms with E-state index in [1.165, 1.54) is 15.8 Å². The van der Waals surface area contributed by atoms with E-state index in [4.69, 9.17) is 0 Å². The summed E-state index contributed by atoms with van der Waals surface area (Å²) in [6.07, 6.45) is 1.73. The highest BCUT2D eigenvalue weighted by atomic mass is 32.2. The lowest BCUT2D eigenvalue weighted by molar-refractivity contribution is 0.103. The summed E-state index contributed by atoms with van der Waals surface area (Å²) in [7, 11) is -3.64. The van der Waals surface area contributed by atoms with Crippen LogP contribution in [-0.4, -0.2) is 49.8 Å². The SMILES string of the molecule is O=C(Nc1ccccc1)c1cc(S(=O)(=O)N2CCN(c3ccccn3)CC2)cs1. The fraction of sp³-hybridized carbons (Fsp3) is 0.200. The van der Waals surface area contributed by atoms with Crippen LogP contribution in [0.1, 0.15) is 9.67 Å². The predicted molar refractivity (Wildman–Crippen MR) is 114 cm³/mol. The Morgan fingerprint density at radius 3 is 2.41 bits per heavy atom. The summed E-state index contributed by atoms with van der Waals surface area (Å²) in [6.45, 7) is 1.89. The van der Waals surface area contributed by atoms with Crippen molar-refractivity contribution in [2.75, 3.05) is 36.4 Å². The fourth-order valence-corrected chi connectivity index (χ4v) is 5.71. The van der Waals surface area contributed by atoms with Crippen molar-refractivity contribution in [1.82, 2.24) is 9.29 Å². The summed E-state index contributed by atoms with van der Waals surface area (Å²) < 4.78 is 27.4. The topological polar surface area (TPSA) is 82.6 Å². The minimum Gasteiger partial charge on any atom is -0.354 e. The molecule has 3 aromatic rings. The van der Waals surface area contributed by atoms with E-state index < -0.39 is 10.0 Å². The first-order valence-electron chi connectivity index (χ1n) is 9.15. The molecule has 0 spiro atoms. The maximum absolute atomic E-state index is 13.0. The molecule has 4 rings (SSSR count). The van der Waals surface area contributed by atoms with Crippen molar-refractivity contribution in [3.05, 3.63) is 71.1 Å². The molecule has 1 aliphatic heterocycles. The van der Waals surface area contributed by atoms with Gasteiger partial charge in [-0.05, 0) is 30.3 Å². The number of hydrogen-bond donors (Lipinski definition) is 1. The lowest BCUT2D eigenvalue weighted by Crippen LogP contribution is -2.48. The normalized spacial score (nSPS) is 15.2. The fourth-order valence-electron chi connectivity index (χ4n) is 3.13. The van der Waals surface area contributed by atoms with Crippen molar-refractivity contribution in [1.29, 1.82) is 0 Å². The molecular weight excluding hydrogens is 408 g/mol. The molecule has 9 heteroatoms. The number of aromatic nitrogens is 1. The first-order chi connectivity index (χ1) is 14.0. The number of carbonyl (C=O) groups is 1. The van der Waals surface area contributed by atoms with Gasteiger partial charge in [0, 0.05) is 43.4 Å². The van der Waals surface area contributed by atoms with Crippen LogP contribution in [0.15, 0.2) is 71.1 Å². The van der Waals surface area contributed by atoms with Gasteiger partial charge in [-0.2, -0.15) is 4.31 Å². The standard InChI is InChI=1S/C20H20N4O3S2/c25-20(22-16-6-2-1-3-7-16)18-14-17(15-28-18)29(26,27)24-12-10-23(11-13-24)19-8-4-5-9-21-19/h1-9,14-15H,10-13H2,(H,22,25). The Labute approximate surface area is 173 Å². The number of rotatable bonds is 5. The highest BCUT2D eigenvalue weighted by Crippen LogP contribution is 2.25. The molecule has 1 aromatic carbocycles. The first kappa shape index (κ1) is 19.6. The van der Waals surface area contributed by atoms with Crippen molar-refractivity contribution in [2.45, 2.75) is 4.90 Å². The number of nitrogens with zero attached hydrogens (tertiary/aromatic N) is 3. The van der Waals surface area contributed by atoms with Crippen LogP contribution in [0.25, 0.3) is 0 Å². The van der Waals surface area contributed by atoms with Crippen LogP contribution in [0.2, 0.25) is 0 Å². The van der Waals surface area contributed by atoms with Crippen LogP contribution in [0.3, 0.4) is 0 Å².